The Labute approximate surface area is 105 Å². The first-order valence-corrected chi connectivity index (χ1v) is 6.42. The lowest BCUT2D eigenvalue weighted by molar-refractivity contribution is 0.415. The lowest BCUT2D eigenvalue weighted by Crippen LogP contribution is -2.26. The number of nitrogens with two attached hydrogens (primary N) is 1. The van der Waals surface area contributed by atoms with Gasteiger partial charge in [0, 0.05) is 36.1 Å². The van der Waals surface area contributed by atoms with E-state index in [9.17, 15) is 0 Å². The lowest BCUT2D eigenvalue weighted by atomic mass is 10.2. The Hall–Kier alpha value is -1.38. The Balaban J connectivity index is 0.000000686. The van der Waals surface area contributed by atoms with Gasteiger partial charge < -0.3 is 15.4 Å². The molecule has 1 saturated heterocycles. The van der Waals surface area contributed by atoms with Crippen LogP contribution in [0.15, 0.2) is 18.2 Å². The van der Waals surface area contributed by atoms with Crippen molar-refractivity contribution in [3.05, 3.63) is 18.2 Å². The molecule has 0 saturated carbocycles. The van der Waals surface area contributed by atoms with Crippen molar-refractivity contribution < 1.29 is 4.74 Å². The normalized spacial score (nSPS) is 18.6. The largest absolute Gasteiger partial charge is 0.497 e. The molecule has 3 nitrogen and oxygen atoms in total. The average molecular weight is 236 g/mol. The number of rotatable bonds is 2. The quantitative estimate of drug-likeness (QED) is 0.801. The molecule has 2 N–H and O–H groups in total. The van der Waals surface area contributed by atoms with Gasteiger partial charge in [-0.05, 0) is 25.8 Å². The molecule has 3 heteroatoms. The van der Waals surface area contributed by atoms with Crippen LogP contribution < -0.4 is 15.4 Å². The number of ether oxygens (including phenoxy) is 1. The third-order valence-electron chi connectivity index (χ3n) is 3.03. The van der Waals surface area contributed by atoms with Crippen LogP contribution in [0.5, 0.6) is 5.75 Å². The van der Waals surface area contributed by atoms with Crippen molar-refractivity contribution in [1.82, 2.24) is 0 Å². The van der Waals surface area contributed by atoms with E-state index in [0.29, 0.717) is 6.04 Å². The van der Waals surface area contributed by atoms with Crippen LogP contribution in [0.2, 0.25) is 0 Å². The van der Waals surface area contributed by atoms with E-state index in [0.717, 1.165) is 18.0 Å². The number of anilines is 2. The summed E-state index contributed by atoms with van der Waals surface area (Å²) in [4.78, 5) is 2.39. The summed E-state index contributed by atoms with van der Waals surface area (Å²) < 4.78 is 5.22. The maximum atomic E-state index is 5.84. The average Bonchev–Trinajstić information content (AvgIpc) is 2.77. The fraction of sp³-hybridized carbons (Fsp3) is 0.571. The van der Waals surface area contributed by atoms with Gasteiger partial charge in [-0.15, -0.1) is 0 Å². The van der Waals surface area contributed by atoms with E-state index < -0.39 is 0 Å². The molecule has 1 atom stereocenters. The molecule has 0 bridgehead atoms. The molecule has 1 fully saturated rings. The van der Waals surface area contributed by atoms with Crippen LogP contribution in [0, 0.1) is 0 Å². The molecule has 96 valence electrons. The smallest absolute Gasteiger partial charge is 0.122 e. The van der Waals surface area contributed by atoms with Crippen LogP contribution in [0.4, 0.5) is 11.4 Å². The number of methoxy groups -OCH3 is 1. The van der Waals surface area contributed by atoms with Gasteiger partial charge in [0.25, 0.3) is 0 Å². The summed E-state index contributed by atoms with van der Waals surface area (Å²) in [6, 6.07) is 6.53. The molecule has 2 rings (SSSR count). The number of nitrogen functional groups attached to an aromatic ring is 1. The maximum Gasteiger partial charge on any atom is 0.122 e. The van der Waals surface area contributed by atoms with Crippen molar-refractivity contribution in [2.24, 2.45) is 0 Å². The highest BCUT2D eigenvalue weighted by atomic mass is 16.5. The van der Waals surface area contributed by atoms with E-state index in [1.807, 2.05) is 26.0 Å². The Morgan fingerprint density at radius 3 is 2.53 bits per heavy atom. The van der Waals surface area contributed by atoms with Crippen molar-refractivity contribution in [2.45, 2.75) is 39.7 Å². The van der Waals surface area contributed by atoms with Gasteiger partial charge in [-0.1, -0.05) is 13.8 Å². The molecule has 1 aromatic rings. The second-order valence-corrected chi connectivity index (χ2v) is 4.15. The minimum atomic E-state index is 0.608. The van der Waals surface area contributed by atoms with Crippen molar-refractivity contribution in [3.8, 4) is 5.75 Å². The van der Waals surface area contributed by atoms with Crippen molar-refractivity contribution in [3.63, 3.8) is 0 Å². The zero-order valence-electron chi connectivity index (χ0n) is 11.4. The molecule has 1 unspecified atom stereocenters. The van der Waals surface area contributed by atoms with E-state index >= 15 is 0 Å². The van der Waals surface area contributed by atoms with E-state index in [1.165, 1.54) is 18.5 Å². The highest BCUT2D eigenvalue weighted by molar-refractivity contribution is 5.61. The topological polar surface area (TPSA) is 38.5 Å². The Morgan fingerprint density at radius 2 is 2.00 bits per heavy atom. The van der Waals surface area contributed by atoms with Crippen LogP contribution in [0.3, 0.4) is 0 Å². The second kappa shape index (κ2) is 6.38. The molecule has 0 aliphatic carbocycles. The molecule has 1 aromatic carbocycles. The summed E-state index contributed by atoms with van der Waals surface area (Å²) in [6.07, 6.45) is 2.52. The van der Waals surface area contributed by atoms with E-state index in [2.05, 4.69) is 17.9 Å². The molecule has 17 heavy (non-hydrogen) atoms. The number of benzene rings is 1. The first-order valence-electron chi connectivity index (χ1n) is 6.42. The molecule has 1 aliphatic heterocycles. The van der Waals surface area contributed by atoms with Gasteiger partial charge in [-0.2, -0.15) is 0 Å². The van der Waals surface area contributed by atoms with Gasteiger partial charge in [-0.3, -0.25) is 0 Å². The van der Waals surface area contributed by atoms with Gasteiger partial charge >= 0.3 is 0 Å². The van der Waals surface area contributed by atoms with Crippen LogP contribution in [-0.2, 0) is 0 Å². The Bertz CT molecular complexity index is 352. The van der Waals surface area contributed by atoms with Crippen LogP contribution >= 0.6 is 0 Å². The zero-order valence-corrected chi connectivity index (χ0v) is 11.4. The zero-order chi connectivity index (χ0) is 12.8. The van der Waals surface area contributed by atoms with Crippen LogP contribution in [0.25, 0.3) is 0 Å². The van der Waals surface area contributed by atoms with E-state index in [4.69, 9.17) is 10.5 Å². The fourth-order valence-electron chi connectivity index (χ4n) is 2.21. The van der Waals surface area contributed by atoms with Crippen LogP contribution in [-0.4, -0.2) is 19.7 Å². The molecular weight excluding hydrogens is 212 g/mol. The minimum Gasteiger partial charge on any atom is -0.497 e. The molecule has 0 aromatic heterocycles. The second-order valence-electron chi connectivity index (χ2n) is 4.15. The number of hydrogen-bond acceptors (Lipinski definition) is 3. The monoisotopic (exact) mass is 236 g/mol. The predicted molar refractivity (Wildman–Crippen MR) is 74.8 cm³/mol. The first-order chi connectivity index (χ1) is 8.20. The van der Waals surface area contributed by atoms with Crippen molar-refractivity contribution >= 4 is 11.4 Å². The van der Waals surface area contributed by atoms with Crippen LogP contribution in [0.1, 0.15) is 33.6 Å². The van der Waals surface area contributed by atoms with Gasteiger partial charge in [-0.25, -0.2) is 0 Å². The Kier molecular flexibility index (Phi) is 5.13. The lowest BCUT2D eigenvalue weighted by Gasteiger charge is -2.24. The fourth-order valence-corrected chi connectivity index (χ4v) is 2.21. The summed E-state index contributed by atoms with van der Waals surface area (Å²) in [6.45, 7) is 7.37. The first kappa shape index (κ1) is 13.7. The third kappa shape index (κ3) is 3.29. The summed E-state index contributed by atoms with van der Waals surface area (Å²) in [5, 5.41) is 0. The number of nitrogens with zero attached hydrogens (tertiary/aromatic N) is 1. The molecule has 1 heterocycles. The number of hydrogen-bond donors (Lipinski definition) is 1. The third-order valence-corrected chi connectivity index (χ3v) is 3.03. The summed E-state index contributed by atoms with van der Waals surface area (Å²) in [5.74, 6) is 0.837. The predicted octanol–water partition coefficient (Wildman–Crippen LogP) is 3.29. The minimum absolute atomic E-state index is 0.608. The molecule has 0 amide bonds. The van der Waals surface area contributed by atoms with Gasteiger partial charge in [0.05, 0.1) is 7.11 Å². The highest BCUT2D eigenvalue weighted by Crippen LogP contribution is 2.30. The SMILES string of the molecule is CC.COc1cc(N)cc(N2CCCC2C)c1. The van der Waals surface area contributed by atoms with Gasteiger partial charge in [0.1, 0.15) is 5.75 Å². The highest BCUT2D eigenvalue weighted by Gasteiger charge is 2.20. The molecule has 1 aliphatic rings. The van der Waals surface area contributed by atoms with E-state index in [-0.39, 0.29) is 0 Å². The van der Waals surface area contributed by atoms with Crippen molar-refractivity contribution in [2.75, 3.05) is 24.3 Å². The summed E-state index contributed by atoms with van der Waals surface area (Å²) in [7, 11) is 1.67. The molecule has 0 radical (unpaired) electrons. The summed E-state index contributed by atoms with van der Waals surface area (Å²) >= 11 is 0. The van der Waals surface area contributed by atoms with Crippen molar-refractivity contribution in [1.29, 1.82) is 0 Å². The molecule has 0 spiro atoms. The molecular formula is C14H24N2O. The maximum absolute atomic E-state index is 5.84. The van der Waals surface area contributed by atoms with Gasteiger partial charge in [0.2, 0.25) is 0 Å². The Morgan fingerprint density at radius 1 is 1.29 bits per heavy atom. The van der Waals surface area contributed by atoms with Gasteiger partial charge in [0.15, 0.2) is 0 Å². The standard InChI is InChI=1S/C12H18N2O.C2H6/c1-9-4-3-5-14(9)11-6-10(13)7-12(8-11)15-2;1-2/h6-9H,3-5,13H2,1-2H3;1-2H3. The summed E-state index contributed by atoms with van der Waals surface area (Å²) in [5.41, 5.74) is 7.79. The van der Waals surface area contributed by atoms with E-state index in [1.54, 1.807) is 7.11 Å².